The average molecular weight is 1410 g/mol. The van der Waals surface area contributed by atoms with Crippen molar-refractivity contribution in [3.8, 4) is 0 Å². The SMILES string of the molecule is CC/C=C\C/C=C\C/C=C\C/C=C\C/C=C\C/C=C\C/C=C\C/C=C\C/C=C\CCCCCCCCCCCCCC(=O)OC(COC(=O)CCCCCCCCCCCCCCCCCCCCCCC/C=C\C/C=C\C/C=C\C/C=C\C/C=C\CC)COP(=O)(O)OCC[N+](C)(C)C. The summed E-state index contributed by atoms with van der Waals surface area (Å²) in [5, 5.41) is 0. The van der Waals surface area contributed by atoms with Crippen molar-refractivity contribution in [1.29, 1.82) is 0 Å². The minimum atomic E-state index is -4.41. The van der Waals surface area contributed by atoms with Gasteiger partial charge < -0.3 is 18.9 Å². The minimum Gasteiger partial charge on any atom is -0.462 e. The topological polar surface area (TPSA) is 108 Å². The third-order valence-corrected chi connectivity index (χ3v) is 18.2. The van der Waals surface area contributed by atoms with E-state index in [0.717, 1.165) is 135 Å². The van der Waals surface area contributed by atoms with E-state index in [9.17, 15) is 19.0 Å². The van der Waals surface area contributed by atoms with Gasteiger partial charge in [-0.15, -0.1) is 0 Å². The summed E-state index contributed by atoms with van der Waals surface area (Å²) in [5.41, 5.74) is 0. The van der Waals surface area contributed by atoms with Crippen LogP contribution in [0.15, 0.2) is 170 Å². The van der Waals surface area contributed by atoms with Gasteiger partial charge in [0, 0.05) is 12.8 Å². The van der Waals surface area contributed by atoms with Gasteiger partial charge in [0.1, 0.15) is 19.8 Å². The van der Waals surface area contributed by atoms with Gasteiger partial charge in [-0.2, -0.15) is 0 Å². The number of esters is 2. The number of phosphoric acid groups is 1. The van der Waals surface area contributed by atoms with Crippen LogP contribution in [0.2, 0.25) is 0 Å². The van der Waals surface area contributed by atoms with E-state index in [4.69, 9.17) is 18.5 Å². The number of likely N-dealkylation sites (N-methyl/N-ethyl adjacent to an activating group) is 1. The number of allylic oxidation sites excluding steroid dienone is 28. The fourth-order valence-electron chi connectivity index (χ4n) is 11.1. The molecule has 9 nitrogen and oxygen atoms in total. The summed E-state index contributed by atoms with van der Waals surface area (Å²) < 4.78 is 34.8. The van der Waals surface area contributed by atoms with Crippen molar-refractivity contribution in [2.45, 2.75) is 341 Å². The molecule has 0 fully saturated rings. The molecular weight excluding hydrogens is 1250 g/mol. The normalized spacial score (nSPS) is 13.9. The molecule has 2 atom stereocenters. The largest absolute Gasteiger partial charge is 0.472 e. The molecule has 0 aromatic carbocycles. The Morgan fingerprint density at radius 2 is 0.540 bits per heavy atom. The average Bonchev–Trinajstić information content (AvgIpc) is 1.07. The van der Waals surface area contributed by atoms with Gasteiger partial charge in [0.05, 0.1) is 27.7 Å². The first-order chi connectivity index (χ1) is 49.0. The van der Waals surface area contributed by atoms with Gasteiger partial charge in [-0.05, 0) is 128 Å². The molecule has 0 aliphatic heterocycles. The molecule has 10 heteroatoms. The maximum Gasteiger partial charge on any atom is 0.472 e. The van der Waals surface area contributed by atoms with Crippen LogP contribution in [0.1, 0.15) is 335 Å². The Bertz CT molecular complexity index is 2300. The molecule has 0 amide bonds. The first kappa shape index (κ1) is 95.4. The highest BCUT2D eigenvalue weighted by Gasteiger charge is 2.27. The standard InChI is InChI=1S/C90H152NO8P/c1-6-8-10-12-14-16-18-20-22-24-26-28-30-32-34-36-38-40-42-44-45-47-49-51-53-55-57-59-61-63-65-67-69-71-73-75-77-79-81-83-90(93)99-88(87-98-100(94,95)97-85-84-91(3,4)5)86-96-89(92)82-80-78-76-74-72-70-68-66-64-62-60-58-56-54-52-50-48-46-43-41-39-37-35-33-31-29-27-25-23-21-19-17-15-13-11-9-7-2/h8-11,14-17,20-23,26-29,32-35,38,40,44-45,49,51,55,57,88H,6-7,12-13,18-19,24-25,30-31,36-37,39,41-43,46-48,50,52-54,56,58-87H2,1-5H3/p+1/b10-8-,11-9-,16-14-,17-15-,22-20-,23-21-,28-26-,29-27-,34-32-,35-33-,40-38-,45-44-,51-49-,57-55-. The maximum atomic E-state index is 12.9. The zero-order chi connectivity index (χ0) is 72.5. The number of hydrogen-bond donors (Lipinski definition) is 1. The molecule has 0 heterocycles. The Morgan fingerprint density at radius 1 is 0.310 bits per heavy atom. The molecule has 0 saturated carbocycles. The Balaban J connectivity index is 4.00. The van der Waals surface area contributed by atoms with Crippen molar-refractivity contribution in [3.05, 3.63) is 170 Å². The summed E-state index contributed by atoms with van der Waals surface area (Å²) >= 11 is 0. The van der Waals surface area contributed by atoms with Crippen LogP contribution in [0.3, 0.4) is 0 Å². The van der Waals surface area contributed by atoms with Crippen molar-refractivity contribution < 1.29 is 42.1 Å². The highest BCUT2D eigenvalue weighted by atomic mass is 31.2. The molecule has 0 bridgehead atoms. The smallest absolute Gasteiger partial charge is 0.462 e. The fourth-order valence-corrected chi connectivity index (χ4v) is 11.8. The summed E-state index contributed by atoms with van der Waals surface area (Å²) in [6.07, 6.45) is 119. The van der Waals surface area contributed by atoms with E-state index >= 15 is 0 Å². The van der Waals surface area contributed by atoms with Crippen LogP contribution in [0, 0.1) is 0 Å². The number of unbranched alkanes of at least 4 members (excludes halogenated alkanes) is 32. The number of nitrogens with zero attached hydrogens (tertiary/aromatic N) is 1. The molecule has 0 saturated heterocycles. The van der Waals surface area contributed by atoms with Crippen LogP contribution in [0.25, 0.3) is 0 Å². The van der Waals surface area contributed by atoms with E-state index in [1.807, 2.05) is 21.1 Å². The van der Waals surface area contributed by atoms with Gasteiger partial charge in [0.15, 0.2) is 6.10 Å². The van der Waals surface area contributed by atoms with Crippen molar-refractivity contribution in [2.75, 3.05) is 47.5 Å². The van der Waals surface area contributed by atoms with Gasteiger partial charge >= 0.3 is 19.8 Å². The van der Waals surface area contributed by atoms with E-state index in [1.54, 1.807) is 0 Å². The number of quaternary nitrogens is 1. The first-order valence-electron chi connectivity index (χ1n) is 40.9. The second kappa shape index (κ2) is 78.5. The van der Waals surface area contributed by atoms with Crippen molar-refractivity contribution in [1.82, 2.24) is 0 Å². The lowest BCUT2D eigenvalue weighted by Crippen LogP contribution is -2.37. The molecule has 0 aromatic rings. The number of carbonyl (C=O) groups excluding carboxylic acids is 2. The van der Waals surface area contributed by atoms with Gasteiger partial charge in [-0.3, -0.25) is 18.6 Å². The number of hydrogen-bond acceptors (Lipinski definition) is 7. The predicted molar refractivity (Wildman–Crippen MR) is 436 cm³/mol. The second-order valence-corrected chi connectivity index (χ2v) is 29.5. The number of rotatable bonds is 74. The van der Waals surface area contributed by atoms with Crippen molar-refractivity contribution in [2.24, 2.45) is 0 Å². The van der Waals surface area contributed by atoms with Crippen LogP contribution in [0.5, 0.6) is 0 Å². The summed E-state index contributed by atoms with van der Waals surface area (Å²) in [6, 6.07) is 0. The van der Waals surface area contributed by atoms with Gasteiger partial charge in [0.25, 0.3) is 0 Å². The van der Waals surface area contributed by atoms with E-state index in [1.165, 1.54) is 167 Å². The third kappa shape index (κ3) is 82.3. The molecule has 0 aromatic heterocycles. The maximum absolute atomic E-state index is 12.9. The summed E-state index contributed by atoms with van der Waals surface area (Å²) in [4.78, 5) is 36.0. The molecule has 0 aliphatic carbocycles. The molecule has 0 rings (SSSR count). The Kier molecular flexibility index (Phi) is 74.9. The third-order valence-electron chi connectivity index (χ3n) is 17.2. The van der Waals surface area contributed by atoms with Crippen LogP contribution in [0.4, 0.5) is 0 Å². The first-order valence-corrected chi connectivity index (χ1v) is 42.4. The van der Waals surface area contributed by atoms with Crippen LogP contribution < -0.4 is 0 Å². The summed E-state index contributed by atoms with van der Waals surface area (Å²) in [5.74, 6) is -0.797. The van der Waals surface area contributed by atoms with Crippen LogP contribution >= 0.6 is 7.82 Å². The summed E-state index contributed by atoms with van der Waals surface area (Å²) in [7, 11) is 1.47. The highest BCUT2D eigenvalue weighted by Crippen LogP contribution is 2.43. The number of ether oxygens (including phenoxy) is 2. The molecule has 0 aliphatic rings. The van der Waals surface area contributed by atoms with Gasteiger partial charge in [0.2, 0.25) is 0 Å². The fraction of sp³-hybridized carbons (Fsp3) is 0.667. The lowest BCUT2D eigenvalue weighted by Gasteiger charge is -2.24. The summed E-state index contributed by atoms with van der Waals surface area (Å²) in [6.45, 7) is 4.22. The quantitative estimate of drug-likeness (QED) is 0.0211. The number of carbonyl (C=O) groups is 2. The minimum absolute atomic E-state index is 0.0258. The van der Waals surface area contributed by atoms with Gasteiger partial charge in [-0.25, -0.2) is 4.57 Å². The molecule has 570 valence electrons. The molecular formula is C90H153NO8P+. The molecule has 100 heavy (non-hydrogen) atoms. The number of phosphoric ester groups is 1. The predicted octanol–water partition coefficient (Wildman–Crippen LogP) is 27.6. The van der Waals surface area contributed by atoms with Crippen LogP contribution in [-0.4, -0.2) is 74.9 Å². The lowest BCUT2D eigenvalue weighted by molar-refractivity contribution is -0.870. The van der Waals surface area contributed by atoms with Crippen LogP contribution in [-0.2, 0) is 32.7 Å². The Morgan fingerprint density at radius 3 is 0.800 bits per heavy atom. The molecule has 2 unspecified atom stereocenters. The zero-order valence-electron chi connectivity index (χ0n) is 65.1. The molecule has 0 spiro atoms. The zero-order valence-corrected chi connectivity index (χ0v) is 66.0. The Hall–Kier alpha value is -4.63. The van der Waals surface area contributed by atoms with E-state index < -0.39 is 26.5 Å². The molecule has 0 radical (unpaired) electrons. The van der Waals surface area contributed by atoms with Crippen molar-refractivity contribution in [3.63, 3.8) is 0 Å². The monoisotopic (exact) mass is 1410 g/mol. The van der Waals surface area contributed by atoms with E-state index in [2.05, 4.69) is 184 Å². The molecule has 1 N–H and O–H groups in total. The van der Waals surface area contributed by atoms with Crippen molar-refractivity contribution >= 4 is 19.8 Å². The lowest BCUT2D eigenvalue weighted by atomic mass is 10.0. The second-order valence-electron chi connectivity index (χ2n) is 28.0. The van der Waals surface area contributed by atoms with E-state index in [0.29, 0.717) is 17.4 Å². The van der Waals surface area contributed by atoms with E-state index in [-0.39, 0.29) is 32.0 Å². The Labute approximate surface area is 617 Å². The van der Waals surface area contributed by atoms with Gasteiger partial charge in [-0.1, -0.05) is 364 Å². The highest BCUT2D eigenvalue weighted by molar-refractivity contribution is 7.47.